The number of hydrogen-bond donors (Lipinski definition) is 1. The molecule has 0 spiro atoms. The minimum Gasteiger partial charge on any atom is -0.378 e. The lowest BCUT2D eigenvalue weighted by molar-refractivity contribution is 0.0302. The van der Waals surface area contributed by atoms with E-state index in [1.54, 1.807) is 29.3 Å². The molecule has 2 aromatic heterocycles. The highest BCUT2D eigenvalue weighted by molar-refractivity contribution is 7.90. The van der Waals surface area contributed by atoms with Crippen LogP contribution in [0.5, 0.6) is 0 Å². The molecule has 0 unspecified atom stereocenters. The van der Waals surface area contributed by atoms with Gasteiger partial charge < -0.3 is 14.5 Å². The summed E-state index contributed by atoms with van der Waals surface area (Å²) in [5.41, 5.74) is 1.37. The maximum atomic E-state index is 12.8. The van der Waals surface area contributed by atoms with Gasteiger partial charge in [0, 0.05) is 51.2 Å². The summed E-state index contributed by atoms with van der Waals surface area (Å²) in [6.45, 7) is 5.93. The Bertz CT molecular complexity index is 1030. The van der Waals surface area contributed by atoms with Crippen molar-refractivity contribution in [2.24, 2.45) is 0 Å². The summed E-state index contributed by atoms with van der Waals surface area (Å²) in [4.78, 5) is 25.1. The molecule has 0 aromatic carbocycles. The Kier molecular flexibility index (Phi) is 6.87. The van der Waals surface area contributed by atoms with Crippen LogP contribution in [0.25, 0.3) is 0 Å². The first-order chi connectivity index (χ1) is 15.5. The zero-order valence-electron chi connectivity index (χ0n) is 18.1. The third-order valence-electron chi connectivity index (χ3n) is 5.60. The van der Waals surface area contributed by atoms with E-state index in [0.29, 0.717) is 63.9 Å². The van der Waals surface area contributed by atoms with Crippen molar-refractivity contribution >= 4 is 27.8 Å². The summed E-state index contributed by atoms with van der Waals surface area (Å²) in [6.07, 6.45) is 2.32. The standard InChI is InChI=1S/C21H28N6O4S/c1-2-18-4-3-5-19(23-18)24-32(29,30)27-10-8-25(9-11-27)20-7-6-17(16-22-20)21(28)26-12-14-31-15-13-26/h3-7,16H,2,8-15H2,1H3,(H,23,24). The molecule has 2 aliphatic heterocycles. The third-order valence-corrected chi connectivity index (χ3v) is 7.11. The van der Waals surface area contributed by atoms with Crippen molar-refractivity contribution in [3.8, 4) is 0 Å². The third kappa shape index (κ3) is 5.17. The second-order valence-corrected chi connectivity index (χ2v) is 9.34. The van der Waals surface area contributed by atoms with Crippen LogP contribution in [0.2, 0.25) is 0 Å². The van der Waals surface area contributed by atoms with Crippen LogP contribution in [0.15, 0.2) is 36.5 Å². The number of aromatic nitrogens is 2. The number of piperazine rings is 1. The van der Waals surface area contributed by atoms with Crippen LogP contribution in [0.1, 0.15) is 23.0 Å². The predicted molar refractivity (Wildman–Crippen MR) is 121 cm³/mol. The van der Waals surface area contributed by atoms with Gasteiger partial charge in [-0.05, 0) is 30.7 Å². The Morgan fingerprint density at radius 3 is 2.47 bits per heavy atom. The zero-order valence-corrected chi connectivity index (χ0v) is 18.9. The molecule has 172 valence electrons. The van der Waals surface area contributed by atoms with Crippen LogP contribution in [0.3, 0.4) is 0 Å². The number of carbonyl (C=O) groups excluding carboxylic acids is 1. The normalized spacial score (nSPS) is 17.9. The number of carbonyl (C=O) groups is 1. The van der Waals surface area contributed by atoms with E-state index in [-0.39, 0.29) is 5.91 Å². The Hall–Kier alpha value is -2.76. The molecule has 11 heteroatoms. The predicted octanol–water partition coefficient (Wildman–Crippen LogP) is 0.990. The number of anilines is 2. The molecule has 4 rings (SSSR count). The monoisotopic (exact) mass is 460 g/mol. The van der Waals surface area contributed by atoms with Gasteiger partial charge in [0.2, 0.25) is 0 Å². The quantitative estimate of drug-likeness (QED) is 0.685. The summed E-state index contributed by atoms with van der Waals surface area (Å²) in [5, 5.41) is 0. The molecule has 2 aromatic rings. The minimum atomic E-state index is -3.68. The Balaban J connectivity index is 1.34. The highest BCUT2D eigenvalue weighted by Gasteiger charge is 2.28. The Morgan fingerprint density at radius 2 is 1.81 bits per heavy atom. The van der Waals surface area contributed by atoms with Gasteiger partial charge in [0.15, 0.2) is 0 Å². The van der Waals surface area contributed by atoms with E-state index in [2.05, 4.69) is 14.7 Å². The second-order valence-electron chi connectivity index (χ2n) is 7.67. The van der Waals surface area contributed by atoms with E-state index in [0.717, 1.165) is 17.9 Å². The average molecular weight is 461 g/mol. The van der Waals surface area contributed by atoms with Crippen molar-refractivity contribution in [3.63, 3.8) is 0 Å². The van der Waals surface area contributed by atoms with E-state index in [9.17, 15) is 13.2 Å². The molecule has 4 heterocycles. The van der Waals surface area contributed by atoms with Crippen molar-refractivity contribution in [2.45, 2.75) is 13.3 Å². The number of amides is 1. The van der Waals surface area contributed by atoms with Crippen LogP contribution < -0.4 is 9.62 Å². The molecule has 2 fully saturated rings. The van der Waals surface area contributed by atoms with E-state index in [1.807, 2.05) is 24.0 Å². The highest BCUT2D eigenvalue weighted by atomic mass is 32.2. The van der Waals surface area contributed by atoms with Gasteiger partial charge in [0.05, 0.1) is 18.8 Å². The van der Waals surface area contributed by atoms with E-state index in [1.165, 1.54) is 4.31 Å². The topological polar surface area (TPSA) is 108 Å². The van der Waals surface area contributed by atoms with Gasteiger partial charge in [0.25, 0.3) is 5.91 Å². The van der Waals surface area contributed by atoms with Gasteiger partial charge in [0.1, 0.15) is 11.6 Å². The number of rotatable bonds is 6. The van der Waals surface area contributed by atoms with Crippen LogP contribution in [-0.2, 0) is 21.4 Å². The lowest BCUT2D eigenvalue weighted by atomic mass is 10.2. The minimum absolute atomic E-state index is 0.0462. The zero-order chi connectivity index (χ0) is 22.6. The van der Waals surface area contributed by atoms with Crippen molar-refractivity contribution in [1.29, 1.82) is 0 Å². The van der Waals surface area contributed by atoms with Crippen LogP contribution >= 0.6 is 0 Å². The SMILES string of the molecule is CCc1cccc(NS(=O)(=O)N2CCN(c3ccc(C(=O)N4CCOCC4)cn3)CC2)n1. The number of nitrogens with zero attached hydrogens (tertiary/aromatic N) is 5. The van der Waals surface area contributed by atoms with Gasteiger partial charge >= 0.3 is 10.2 Å². The lowest BCUT2D eigenvalue weighted by Gasteiger charge is -2.34. The van der Waals surface area contributed by atoms with Crippen molar-refractivity contribution < 1.29 is 17.9 Å². The number of aryl methyl sites for hydroxylation is 1. The molecule has 1 N–H and O–H groups in total. The first-order valence-corrected chi connectivity index (χ1v) is 12.2. The highest BCUT2D eigenvalue weighted by Crippen LogP contribution is 2.18. The Morgan fingerprint density at radius 1 is 1.06 bits per heavy atom. The lowest BCUT2D eigenvalue weighted by Crippen LogP contribution is -2.50. The van der Waals surface area contributed by atoms with Crippen LogP contribution in [-0.4, -0.2) is 86.0 Å². The van der Waals surface area contributed by atoms with Gasteiger partial charge in [-0.3, -0.25) is 9.52 Å². The molecule has 0 bridgehead atoms. The van der Waals surface area contributed by atoms with Crippen LogP contribution in [0, 0.1) is 0 Å². The molecule has 2 aliphatic rings. The van der Waals surface area contributed by atoms with E-state index >= 15 is 0 Å². The summed E-state index contributed by atoms with van der Waals surface area (Å²) in [5.74, 6) is 1.01. The van der Waals surface area contributed by atoms with Gasteiger partial charge in [-0.2, -0.15) is 12.7 Å². The number of pyridine rings is 2. The Labute approximate surface area is 188 Å². The second kappa shape index (κ2) is 9.80. The van der Waals surface area contributed by atoms with Crippen LogP contribution in [0.4, 0.5) is 11.6 Å². The smallest absolute Gasteiger partial charge is 0.302 e. The maximum absolute atomic E-state index is 12.8. The fourth-order valence-electron chi connectivity index (χ4n) is 3.74. The van der Waals surface area contributed by atoms with Crippen molar-refractivity contribution in [2.75, 3.05) is 62.1 Å². The maximum Gasteiger partial charge on any atom is 0.302 e. The molecule has 1 amide bonds. The molecule has 0 radical (unpaired) electrons. The largest absolute Gasteiger partial charge is 0.378 e. The summed E-state index contributed by atoms with van der Waals surface area (Å²) < 4.78 is 34.8. The molecular weight excluding hydrogens is 432 g/mol. The molecule has 2 saturated heterocycles. The summed E-state index contributed by atoms with van der Waals surface area (Å²) in [6, 6.07) is 8.90. The summed E-state index contributed by atoms with van der Waals surface area (Å²) >= 11 is 0. The molecule has 0 aliphatic carbocycles. The molecule has 32 heavy (non-hydrogen) atoms. The van der Waals surface area contributed by atoms with E-state index < -0.39 is 10.2 Å². The number of morpholine rings is 1. The van der Waals surface area contributed by atoms with Gasteiger partial charge in [-0.1, -0.05) is 13.0 Å². The van der Waals surface area contributed by atoms with E-state index in [4.69, 9.17) is 4.74 Å². The summed E-state index contributed by atoms with van der Waals surface area (Å²) in [7, 11) is -3.68. The van der Waals surface area contributed by atoms with Gasteiger partial charge in [-0.15, -0.1) is 0 Å². The molecular formula is C21H28N6O4S. The number of nitrogens with one attached hydrogen (secondary N) is 1. The fourth-order valence-corrected chi connectivity index (χ4v) is 4.89. The molecule has 10 nitrogen and oxygen atoms in total. The first-order valence-electron chi connectivity index (χ1n) is 10.8. The molecule has 0 atom stereocenters. The first kappa shape index (κ1) is 22.4. The average Bonchev–Trinajstić information content (AvgIpc) is 2.84. The molecule has 0 saturated carbocycles. The van der Waals surface area contributed by atoms with Crippen molar-refractivity contribution in [3.05, 3.63) is 47.8 Å². The van der Waals surface area contributed by atoms with Gasteiger partial charge in [-0.25, -0.2) is 9.97 Å². The number of hydrogen-bond acceptors (Lipinski definition) is 7. The fraction of sp³-hybridized carbons (Fsp3) is 0.476. The number of ether oxygens (including phenoxy) is 1. The van der Waals surface area contributed by atoms with Crippen molar-refractivity contribution in [1.82, 2.24) is 19.2 Å².